The van der Waals surface area contributed by atoms with Gasteiger partial charge in [-0.3, -0.25) is 11.3 Å². The summed E-state index contributed by atoms with van der Waals surface area (Å²) >= 11 is 9.32. The molecule has 1 aliphatic carbocycles. The topological polar surface area (TPSA) is 38.0 Å². The molecule has 6 heteroatoms. The molecule has 1 fully saturated rings. The van der Waals surface area contributed by atoms with Gasteiger partial charge in [-0.05, 0) is 36.5 Å². The van der Waals surface area contributed by atoms with E-state index in [9.17, 15) is 8.78 Å². The number of hydrazine groups is 1. The van der Waals surface area contributed by atoms with Gasteiger partial charge in [0.25, 0.3) is 0 Å². The Hall–Kier alpha value is -0.230. The molecule has 0 spiro atoms. The van der Waals surface area contributed by atoms with Crippen molar-refractivity contribution in [2.45, 2.75) is 37.6 Å². The molecule has 19 heavy (non-hydrogen) atoms. The summed E-state index contributed by atoms with van der Waals surface area (Å²) in [7, 11) is 0. The van der Waals surface area contributed by atoms with Crippen LogP contribution in [-0.2, 0) is 0 Å². The van der Waals surface area contributed by atoms with Gasteiger partial charge in [0.1, 0.15) is 0 Å². The standard InChI is InChI=1S/C13H16BrClF2N2/c14-11-6-9(15)1-2-10(11)12(19-18)5-8-3-4-13(16,17)7-8/h1-2,6,8,12,19H,3-5,7,18H2. The third kappa shape index (κ3) is 3.88. The molecule has 2 atom stereocenters. The summed E-state index contributed by atoms with van der Waals surface area (Å²) < 4.78 is 27.3. The molecule has 1 saturated carbocycles. The van der Waals surface area contributed by atoms with Gasteiger partial charge in [-0.25, -0.2) is 8.78 Å². The van der Waals surface area contributed by atoms with E-state index in [1.165, 1.54) is 0 Å². The van der Waals surface area contributed by atoms with Gasteiger partial charge in [0.2, 0.25) is 5.92 Å². The second-order valence-electron chi connectivity index (χ2n) is 5.09. The monoisotopic (exact) mass is 352 g/mol. The van der Waals surface area contributed by atoms with Gasteiger partial charge < -0.3 is 0 Å². The molecule has 0 saturated heterocycles. The molecule has 2 nitrogen and oxygen atoms in total. The quantitative estimate of drug-likeness (QED) is 0.620. The fraction of sp³-hybridized carbons (Fsp3) is 0.538. The number of nitrogens with two attached hydrogens (primary N) is 1. The van der Waals surface area contributed by atoms with Gasteiger partial charge >= 0.3 is 0 Å². The lowest BCUT2D eigenvalue weighted by atomic mass is 9.94. The molecule has 0 aromatic heterocycles. The van der Waals surface area contributed by atoms with E-state index in [0.717, 1.165) is 10.0 Å². The zero-order chi connectivity index (χ0) is 14.0. The first-order chi connectivity index (χ1) is 8.91. The lowest BCUT2D eigenvalue weighted by Gasteiger charge is -2.21. The van der Waals surface area contributed by atoms with E-state index in [0.29, 0.717) is 17.9 Å². The minimum Gasteiger partial charge on any atom is -0.271 e. The van der Waals surface area contributed by atoms with Crippen molar-refractivity contribution in [3.8, 4) is 0 Å². The molecule has 0 amide bonds. The Bertz CT molecular complexity index is 456. The van der Waals surface area contributed by atoms with E-state index < -0.39 is 5.92 Å². The summed E-state index contributed by atoms with van der Waals surface area (Å²) in [6, 6.07) is 5.27. The second kappa shape index (κ2) is 6.04. The normalized spacial score (nSPS) is 23.5. The van der Waals surface area contributed by atoms with Crippen molar-refractivity contribution in [3.05, 3.63) is 33.3 Å². The summed E-state index contributed by atoms with van der Waals surface area (Å²) in [4.78, 5) is 0. The van der Waals surface area contributed by atoms with Gasteiger partial charge in [0.15, 0.2) is 0 Å². The maximum absolute atomic E-state index is 13.2. The third-order valence-corrected chi connectivity index (χ3v) is 4.54. The van der Waals surface area contributed by atoms with E-state index in [2.05, 4.69) is 21.4 Å². The molecule has 1 aromatic rings. The number of hydrogen-bond acceptors (Lipinski definition) is 2. The molecule has 0 aliphatic heterocycles. The van der Waals surface area contributed by atoms with Crippen LogP contribution < -0.4 is 11.3 Å². The smallest absolute Gasteiger partial charge is 0.248 e. The molecular weight excluding hydrogens is 338 g/mol. The Morgan fingerprint density at radius 3 is 2.79 bits per heavy atom. The zero-order valence-corrected chi connectivity index (χ0v) is 12.6. The average molecular weight is 354 g/mol. The predicted octanol–water partition coefficient (Wildman–Crippen LogP) is 4.43. The Morgan fingerprint density at radius 2 is 2.26 bits per heavy atom. The zero-order valence-electron chi connectivity index (χ0n) is 10.3. The fourth-order valence-corrected chi connectivity index (χ4v) is 3.60. The Morgan fingerprint density at radius 1 is 1.53 bits per heavy atom. The second-order valence-corrected chi connectivity index (χ2v) is 6.38. The highest BCUT2D eigenvalue weighted by atomic mass is 79.9. The van der Waals surface area contributed by atoms with Crippen LogP contribution in [0.2, 0.25) is 5.02 Å². The summed E-state index contributed by atoms with van der Waals surface area (Å²) in [5.41, 5.74) is 3.66. The summed E-state index contributed by atoms with van der Waals surface area (Å²) in [5.74, 6) is 3.05. The number of alkyl halides is 2. The van der Waals surface area contributed by atoms with Crippen molar-refractivity contribution < 1.29 is 8.78 Å². The van der Waals surface area contributed by atoms with E-state index in [1.54, 1.807) is 12.1 Å². The Balaban J connectivity index is 2.08. The van der Waals surface area contributed by atoms with Crippen molar-refractivity contribution in [3.63, 3.8) is 0 Å². The first-order valence-electron chi connectivity index (χ1n) is 6.20. The van der Waals surface area contributed by atoms with E-state index in [1.807, 2.05) is 6.07 Å². The van der Waals surface area contributed by atoms with E-state index in [4.69, 9.17) is 17.4 Å². The first-order valence-corrected chi connectivity index (χ1v) is 7.37. The number of halogens is 4. The van der Waals surface area contributed by atoms with Gasteiger partial charge in [0.05, 0.1) is 0 Å². The van der Waals surface area contributed by atoms with E-state index in [-0.39, 0.29) is 24.8 Å². The number of nitrogens with one attached hydrogen (secondary N) is 1. The molecule has 0 heterocycles. The number of hydrogen-bond donors (Lipinski definition) is 2. The molecule has 2 rings (SSSR count). The van der Waals surface area contributed by atoms with Crippen LogP contribution in [0.4, 0.5) is 8.78 Å². The summed E-state index contributed by atoms with van der Waals surface area (Å²) in [5, 5.41) is 0.624. The molecule has 0 bridgehead atoms. The highest BCUT2D eigenvalue weighted by molar-refractivity contribution is 9.10. The molecule has 106 valence electrons. The molecular formula is C13H16BrClF2N2. The molecule has 2 unspecified atom stereocenters. The Kier molecular flexibility index (Phi) is 4.82. The number of benzene rings is 1. The van der Waals surface area contributed by atoms with Crippen LogP contribution in [0.15, 0.2) is 22.7 Å². The molecule has 0 radical (unpaired) electrons. The molecule has 1 aliphatic rings. The molecule has 1 aromatic carbocycles. The van der Waals surface area contributed by atoms with Crippen molar-refractivity contribution >= 4 is 27.5 Å². The van der Waals surface area contributed by atoms with Crippen molar-refractivity contribution in [1.82, 2.24) is 5.43 Å². The predicted molar refractivity (Wildman–Crippen MR) is 76.1 cm³/mol. The highest BCUT2D eigenvalue weighted by Crippen LogP contribution is 2.43. The van der Waals surface area contributed by atoms with Gasteiger partial charge in [-0.2, -0.15) is 0 Å². The van der Waals surface area contributed by atoms with Crippen LogP contribution in [0.5, 0.6) is 0 Å². The summed E-state index contributed by atoms with van der Waals surface area (Å²) in [6.07, 6.45) is 1.09. The average Bonchev–Trinajstić information content (AvgIpc) is 2.66. The van der Waals surface area contributed by atoms with Gasteiger partial charge in [-0.1, -0.05) is 33.6 Å². The fourth-order valence-electron chi connectivity index (χ4n) is 2.65. The van der Waals surface area contributed by atoms with Gasteiger partial charge in [-0.15, -0.1) is 0 Å². The Labute approximate surface area is 124 Å². The van der Waals surface area contributed by atoms with Crippen LogP contribution in [0.1, 0.15) is 37.3 Å². The van der Waals surface area contributed by atoms with Crippen LogP contribution in [0.25, 0.3) is 0 Å². The SMILES string of the molecule is NNC(CC1CCC(F)(F)C1)c1ccc(Cl)cc1Br. The lowest BCUT2D eigenvalue weighted by molar-refractivity contribution is 0.00430. The minimum atomic E-state index is -2.51. The lowest BCUT2D eigenvalue weighted by Crippen LogP contribution is -2.30. The maximum atomic E-state index is 13.2. The maximum Gasteiger partial charge on any atom is 0.248 e. The highest BCUT2D eigenvalue weighted by Gasteiger charge is 2.40. The van der Waals surface area contributed by atoms with Gasteiger partial charge in [0, 0.05) is 28.4 Å². The third-order valence-electron chi connectivity index (χ3n) is 3.61. The van der Waals surface area contributed by atoms with Crippen molar-refractivity contribution in [2.75, 3.05) is 0 Å². The van der Waals surface area contributed by atoms with Crippen molar-refractivity contribution in [1.29, 1.82) is 0 Å². The first kappa shape index (κ1) is 15.2. The molecule has 3 N–H and O–H groups in total. The largest absolute Gasteiger partial charge is 0.271 e. The van der Waals surface area contributed by atoms with Crippen LogP contribution in [0.3, 0.4) is 0 Å². The number of rotatable bonds is 4. The minimum absolute atomic E-state index is 0.00127. The van der Waals surface area contributed by atoms with Crippen LogP contribution in [-0.4, -0.2) is 5.92 Å². The summed E-state index contributed by atoms with van der Waals surface area (Å²) in [6.45, 7) is 0. The van der Waals surface area contributed by atoms with Crippen LogP contribution in [0, 0.1) is 5.92 Å². The van der Waals surface area contributed by atoms with Crippen molar-refractivity contribution in [2.24, 2.45) is 11.8 Å². The van der Waals surface area contributed by atoms with Crippen LogP contribution >= 0.6 is 27.5 Å². The van der Waals surface area contributed by atoms with E-state index >= 15 is 0 Å².